The van der Waals surface area contributed by atoms with Gasteiger partial charge in [-0.1, -0.05) is 0 Å². The Morgan fingerprint density at radius 1 is 1.14 bits per heavy atom. The second-order valence-electron chi connectivity index (χ2n) is 6.24. The average molecular weight is 413 g/mol. The van der Waals surface area contributed by atoms with E-state index in [4.69, 9.17) is 14.2 Å². The monoisotopic (exact) mass is 413 g/mol. The van der Waals surface area contributed by atoms with Gasteiger partial charge in [0.05, 0.1) is 25.1 Å². The van der Waals surface area contributed by atoms with Gasteiger partial charge in [-0.25, -0.2) is 9.07 Å². The van der Waals surface area contributed by atoms with E-state index in [1.165, 1.54) is 23.5 Å². The Hall–Kier alpha value is -2.97. The minimum absolute atomic E-state index is 0.277. The van der Waals surface area contributed by atoms with Crippen LogP contribution in [0.5, 0.6) is 11.5 Å². The highest BCUT2D eigenvalue weighted by Gasteiger charge is 2.11. The van der Waals surface area contributed by atoms with Crippen LogP contribution >= 0.6 is 11.3 Å². The van der Waals surface area contributed by atoms with Crippen LogP contribution in [0, 0.1) is 5.82 Å². The molecule has 6 nitrogen and oxygen atoms in total. The van der Waals surface area contributed by atoms with Crippen LogP contribution in [-0.2, 0) is 4.74 Å². The summed E-state index contributed by atoms with van der Waals surface area (Å²) in [5.41, 5.74) is 2.57. The standard InChI is InChI=1S/C21H20FN3O3S/c1-26-9-8-23-21-25(18(14-29-21)16-3-5-17(22)6-4-16)24-13-15-2-7-19-20(12-15)28-11-10-27-19/h2-7,12-14H,8-11H2,1H3/b23-21?,24-13-. The molecule has 0 radical (unpaired) electrons. The number of rotatable bonds is 6. The van der Waals surface area contributed by atoms with Crippen LogP contribution in [-0.4, -0.2) is 44.4 Å². The van der Waals surface area contributed by atoms with Gasteiger partial charge < -0.3 is 14.2 Å². The first-order valence-corrected chi connectivity index (χ1v) is 10.0. The summed E-state index contributed by atoms with van der Waals surface area (Å²) in [6.07, 6.45) is 1.74. The second kappa shape index (κ2) is 9.02. The van der Waals surface area contributed by atoms with Crippen molar-refractivity contribution in [3.8, 4) is 22.8 Å². The third-order valence-corrected chi connectivity index (χ3v) is 5.11. The predicted octanol–water partition coefficient (Wildman–Crippen LogP) is 3.56. The van der Waals surface area contributed by atoms with Crippen LogP contribution < -0.4 is 14.3 Å². The molecule has 29 heavy (non-hydrogen) atoms. The molecule has 1 aromatic heterocycles. The van der Waals surface area contributed by atoms with Gasteiger partial charge in [-0.2, -0.15) is 5.10 Å². The third-order valence-electron chi connectivity index (χ3n) is 4.26. The highest BCUT2D eigenvalue weighted by atomic mass is 32.1. The van der Waals surface area contributed by atoms with Crippen molar-refractivity contribution in [2.24, 2.45) is 10.1 Å². The Balaban J connectivity index is 1.70. The lowest BCUT2D eigenvalue weighted by Crippen LogP contribution is -2.15. The number of hydrogen-bond donors (Lipinski definition) is 0. The minimum Gasteiger partial charge on any atom is -0.486 e. The van der Waals surface area contributed by atoms with Crippen LogP contribution in [0.25, 0.3) is 11.3 Å². The number of benzene rings is 2. The van der Waals surface area contributed by atoms with E-state index in [1.807, 2.05) is 23.6 Å². The van der Waals surface area contributed by atoms with E-state index >= 15 is 0 Å². The number of hydrogen-bond acceptors (Lipinski definition) is 6. The average Bonchev–Trinajstić information content (AvgIpc) is 3.15. The van der Waals surface area contributed by atoms with Gasteiger partial charge in [0, 0.05) is 18.1 Å². The zero-order valence-electron chi connectivity index (χ0n) is 15.9. The maximum Gasteiger partial charge on any atom is 0.206 e. The summed E-state index contributed by atoms with van der Waals surface area (Å²) < 4.78 is 31.4. The number of methoxy groups -OCH3 is 1. The van der Waals surface area contributed by atoms with E-state index in [1.54, 1.807) is 30.1 Å². The lowest BCUT2D eigenvalue weighted by atomic mass is 10.2. The van der Waals surface area contributed by atoms with Crippen molar-refractivity contribution in [2.75, 3.05) is 33.5 Å². The van der Waals surface area contributed by atoms with Crippen LogP contribution in [0.15, 0.2) is 57.9 Å². The van der Waals surface area contributed by atoms with Crippen molar-refractivity contribution >= 4 is 17.6 Å². The number of halogens is 1. The molecule has 0 atom stereocenters. The summed E-state index contributed by atoms with van der Waals surface area (Å²) in [7, 11) is 1.64. The molecule has 0 saturated heterocycles. The van der Waals surface area contributed by atoms with Gasteiger partial charge in [0.15, 0.2) is 11.5 Å². The summed E-state index contributed by atoms with van der Waals surface area (Å²) in [4.78, 5) is 5.30. The largest absolute Gasteiger partial charge is 0.486 e. The highest BCUT2D eigenvalue weighted by molar-refractivity contribution is 7.07. The number of aromatic nitrogens is 1. The summed E-state index contributed by atoms with van der Waals surface area (Å²) in [6.45, 7) is 2.14. The van der Waals surface area contributed by atoms with Crippen LogP contribution in [0.1, 0.15) is 5.56 Å². The van der Waals surface area contributed by atoms with E-state index in [9.17, 15) is 4.39 Å². The van der Waals surface area contributed by atoms with Crippen molar-refractivity contribution in [2.45, 2.75) is 0 Å². The molecule has 0 N–H and O–H groups in total. The number of thiazole rings is 1. The van der Waals surface area contributed by atoms with Crippen molar-refractivity contribution in [1.82, 2.24) is 4.68 Å². The molecule has 0 unspecified atom stereocenters. The van der Waals surface area contributed by atoms with Crippen LogP contribution in [0.3, 0.4) is 0 Å². The molecule has 8 heteroatoms. The molecule has 0 fully saturated rings. The Morgan fingerprint density at radius 3 is 2.72 bits per heavy atom. The molecule has 150 valence electrons. The SMILES string of the molecule is COCCN=c1scc(-c2ccc(F)cc2)n1/N=C\c1ccc2c(c1)OCCO2. The molecular formula is C21H20FN3O3S. The van der Waals surface area contributed by atoms with E-state index in [-0.39, 0.29) is 5.82 Å². The van der Waals surface area contributed by atoms with E-state index in [0.717, 1.165) is 27.4 Å². The fourth-order valence-electron chi connectivity index (χ4n) is 2.84. The molecule has 1 aliphatic heterocycles. The van der Waals surface area contributed by atoms with Crippen molar-refractivity contribution < 1.29 is 18.6 Å². The summed E-state index contributed by atoms with van der Waals surface area (Å²) in [6, 6.07) is 12.0. The highest BCUT2D eigenvalue weighted by Crippen LogP contribution is 2.30. The molecule has 1 aliphatic rings. The molecule has 3 aromatic rings. The zero-order chi connectivity index (χ0) is 20.1. The molecule has 0 amide bonds. The van der Waals surface area contributed by atoms with Crippen LogP contribution in [0.4, 0.5) is 4.39 Å². The Bertz CT molecular complexity index is 1070. The summed E-state index contributed by atoms with van der Waals surface area (Å²) >= 11 is 1.47. The number of fused-ring (bicyclic) bond motifs is 1. The smallest absolute Gasteiger partial charge is 0.206 e. The molecule has 4 rings (SSSR count). The quantitative estimate of drug-likeness (QED) is 0.459. The maximum absolute atomic E-state index is 13.3. The fourth-order valence-corrected chi connectivity index (χ4v) is 3.70. The number of nitrogens with zero attached hydrogens (tertiary/aromatic N) is 3. The first-order chi connectivity index (χ1) is 14.2. The van der Waals surface area contributed by atoms with Crippen molar-refractivity contribution in [3.05, 3.63) is 64.0 Å². The van der Waals surface area contributed by atoms with E-state index in [2.05, 4.69) is 10.1 Å². The first-order valence-electron chi connectivity index (χ1n) is 9.14. The molecule has 0 saturated carbocycles. The van der Waals surface area contributed by atoms with Gasteiger partial charge in [0.1, 0.15) is 19.0 Å². The molecular weight excluding hydrogens is 393 g/mol. The topological polar surface area (TPSA) is 57.3 Å². The van der Waals surface area contributed by atoms with Gasteiger partial charge in [-0.05, 0) is 48.0 Å². The van der Waals surface area contributed by atoms with Gasteiger partial charge in [-0.3, -0.25) is 4.99 Å². The van der Waals surface area contributed by atoms with Crippen molar-refractivity contribution in [3.63, 3.8) is 0 Å². The van der Waals surface area contributed by atoms with Gasteiger partial charge >= 0.3 is 0 Å². The van der Waals surface area contributed by atoms with Gasteiger partial charge in [-0.15, -0.1) is 11.3 Å². The first kappa shape index (κ1) is 19.4. The third kappa shape index (κ3) is 4.55. The maximum atomic E-state index is 13.3. The van der Waals surface area contributed by atoms with E-state index < -0.39 is 0 Å². The molecule has 0 aliphatic carbocycles. The Labute approximate surface area is 171 Å². The van der Waals surface area contributed by atoms with Crippen LogP contribution in [0.2, 0.25) is 0 Å². The second-order valence-corrected chi connectivity index (χ2v) is 7.08. The summed E-state index contributed by atoms with van der Waals surface area (Å²) in [5, 5.41) is 6.60. The molecule has 0 spiro atoms. The fraction of sp³-hybridized carbons (Fsp3) is 0.238. The van der Waals surface area contributed by atoms with E-state index in [0.29, 0.717) is 32.1 Å². The Morgan fingerprint density at radius 2 is 1.93 bits per heavy atom. The van der Waals surface area contributed by atoms with Crippen molar-refractivity contribution in [1.29, 1.82) is 0 Å². The zero-order valence-corrected chi connectivity index (χ0v) is 16.7. The molecule has 2 heterocycles. The minimum atomic E-state index is -0.277. The molecule has 0 bridgehead atoms. The summed E-state index contributed by atoms with van der Waals surface area (Å²) in [5.74, 6) is 1.17. The Kier molecular flexibility index (Phi) is 6.02. The van der Waals surface area contributed by atoms with Gasteiger partial charge in [0.2, 0.25) is 4.80 Å². The lowest BCUT2D eigenvalue weighted by molar-refractivity contribution is 0.171. The predicted molar refractivity (Wildman–Crippen MR) is 110 cm³/mol. The van der Waals surface area contributed by atoms with Gasteiger partial charge in [0.25, 0.3) is 0 Å². The molecule has 2 aromatic carbocycles. The number of ether oxygens (including phenoxy) is 3. The lowest BCUT2D eigenvalue weighted by Gasteiger charge is -2.18. The normalized spacial score (nSPS) is 13.9.